The highest BCUT2D eigenvalue weighted by atomic mass is 16.2. The third-order valence-corrected chi connectivity index (χ3v) is 7.96. The van der Waals surface area contributed by atoms with E-state index >= 15 is 0 Å². The minimum atomic E-state index is 0.210. The zero-order valence-electron chi connectivity index (χ0n) is 20.6. The smallest absolute Gasteiger partial charge is 0.254 e. The SMILES string of the molecule is CC(C)(C)c1ccc(CN2CCC(c3ccc4c(c3)CN(C3CCCNC3)C4=O)CC2)cc1. The Kier molecular flexibility index (Phi) is 6.32. The topological polar surface area (TPSA) is 35.6 Å². The first-order valence-electron chi connectivity index (χ1n) is 12.8. The highest BCUT2D eigenvalue weighted by Gasteiger charge is 2.34. The van der Waals surface area contributed by atoms with Gasteiger partial charge in [0.25, 0.3) is 5.91 Å². The Bertz CT molecular complexity index is 977. The fourth-order valence-electron chi connectivity index (χ4n) is 5.80. The van der Waals surface area contributed by atoms with Crippen LogP contribution in [0.5, 0.6) is 0 Å². The van der Waals surface area contributed by atoms with Crippen LogP contribution in [-0.2, 0) is 18.5 Å². The summed E-state index contributed by atoms with van der Waals surface area (Å²) in [6.07, 6.45) is 4.68. The number of rotatable bonds is 4. The van der Waals surface area contributed by atoms with Crippen molar-refractivity contribution in [1.82, 2.24) is 15.1 Å². The first kappa shape index (κ1) is 22.6. The lowest BCUT2D eigenvalue weighted by atomic mass is 9.86. The van der Waals surface area contributed by atoms with Crippen LogP contribution in [0.2, 0.25) is 0 Å². The lowest BCUT2D eigenvalue weighted by Crippen LogP contribution is -2.46. The molecule has 1 unspecified atom stereocenters. The third kappa shape index (κ3) is 4.88. The average Bonchev–Trinajstić information content (AvgIpc) is 3.16. The van der Waals surface area contributed by atoms with Gasteiger partial charge in [0.15, 0.2) is 0 Å². The van der Waals surface area contributed by atoms with E-state index in [-0.39, 0.29) is 11.3 Å². The van der Waals surface area contributed by atoms with E-state index in [2.05, 4.69) is 78.4 Å². The van der Waals surface area contributed by atoms with Gasteiger partial charge >= 0.3 is 0 Å². The number of nitrogens with one attached hydrogen (secondary N) is 1. The molecule has 2 aromatic carbocycles. The highest BCUT2D eigenvalue weighted by molar-refractivity contribution is 5.98. The molecule has 4 heteroatoms. The molecular formula is C29H39N3O. The van der Waals surface area contributed by atoms with E-state index in [4.69, 9.17) is 0 Å². The molecule has 0 aromatic heterocycles. The molecule has 2 fully saturated rings. The predicted molar refractivity (Wildman–Crippen MR) is 135 cm³/mol. The number of carbonyl (C=O) groups is 1. The molecule has 0 bridgehead atoms. The van der Waals surface area contributed by atoms with Gasteiger partial charge in [0, 0.05) is 31.2 Å². The second-order valence-electron chi connectivity index (χ2n) is 11.3. The van der Waals surface area contributed by atoms with Gasteiger partial charge in [-0.15, -0.1) is 0 Å². The largest absolute Gasteiger partial charge is 0.330 e. The number of fused-ring (bicyclic) bond motifs is 1. The number of nitrogens with zero attached hydrogens (tertiary/aromatic N) is 2. The van der Waals surface area contributed by atoms with Crippen LogP contribution in [-0.4, -0.2) is 47.9 Å². The molecule has 176 valence electrons. The quantitative estimate of drug-likeness (QED) is 0.714. The Morgan fingerprint density at radius 3 is 2.42 bits per heavy atom. The number of likely N-dealkylation sites (tertiary alicyclic amines) is 1. The normalized spacial score (nSPS) is 22.6. The van der Waals surface area contributed by atoms with Crippen LogP contribution < -0.4 is 5.32 Å². The van der Waals surface area contributed by atoms with Crippen molar-refractivity contribution in [3.05, 3.63) is 70.3 Å². The zero-order valence-corrected chi connectivity index (χ0v) is 20.6. The maximum absolute atomic E-state index is 13.0. The number of hydrogen-bond donors (Lipinski definition) is 1. The molecule has 5 rings (SSSR count). The molecule has 0 aliphatic carbocycles. The maximum Gasteiger partial charge on any atom is 0.254 e. The Hall–Kier alpha value is -2.17. The molecule has 0 radical (unpaired) electrons. The van der Waals surface area contributed by atoms with Gasteiger partial charge in [-0.25, -0.2) is 0 Å². The fourth-order valence-corrected chi connectivity index (χ4v) is 5.80. The van der Waals surface area contributed by atoms with Crippen molar-refractivity contribution < 1.29 is 4.79 Å². The minimum Gasteiger partial charge on any atom is -0.330 e. The van der Waals surface area contributed by atoms with Gasteiger partial charge < -0.3 is 10.2 Å². The van der Waals surface area contributed by atoms with Gasteiger partial charge in [0.2, 0.25) is 0 Å². The van der Waals surface area contributed by atoms with Crippen molar-refractivity contribution >= 4 is 5.91 Å². The van der Waals surface area contributed by atoms with Crippen LogP contribution in [0.4, 0.5) is 0 Å². The van der Waals surface area contributed by atoms with E-state index in [0.717, 1.165) is 57.7 Å². The molecule has 1 amide bonds. The molecule has 0 saturated carbocycles. The van der Waals surface area contributed by atoms with E-state index < -0.39 is 0 Å². The summed E-state index contributed by atoms with van der Waals surface area (Å²) in [6, 6.07) is 16.2. The van der Waals surface area contributed by atoms with Gasteiger partial charge in [-0.1, -0.05) is 57.2 Å². The van der Waals surface area contributed by atoms with Crippen LogP contribution in [0.15, 0.2) is 42.5 Å². The van der Waals surface area contributed by atoms with Gasteiger partial charge in [-0.2, -0.15) is 0 Å². The second-order valence-corrected chi connectivity index (χ2v) is 11.3. The Morgan fingerprint density at radius 2 is 1.76 bits per heavy atom. The van der Waals surface area contributed by atoms with Crippen LogP contribution in [0.1, 0.15) is 85.0 Å². The Morgan fingerprint density at radius 1 is 1.00 bits per heavy atom. The summed E-state index contributed by atoms with van der Waals surface area (Å²) in [4.78, 5) is 17.7. The van der Waals surface area contributed by atoms with Gasteiger partial charge in [-0.05, 0) is 85.0 Å². The summed E-state index contributed by atoms with van der Waals surface area (Å²) >= 11 is 0. The summed E-state index contributed by atoms with van der Waals surface area (Å²) in [5.41, 5.74) is 6.62. The van der Waals surface area contributed by atoms with Gasteiger partial charge in [0.05, 0.1) is 0 Å². The number of carbonyl (C=O) groups excluding carboxylic acids is 1. The predicted octanol–water partition coefficient (Wildman–Crippen LogP) is 5.07. The highest BCUT2D eigenvalue weighted by Crippen LogP contribution is 2.34. The van der Waals surface area contributed by atoms with Crippen molar-refractivity contribution in [3.63, 3.8) is 0 Å². The number of amides is 1. The molecule has 3 heterocycles. The summed E-state index contributed by atoms with van der Waals surface area (Å²) in [6.45, 7) is 12.9. The number of hydrogen-bond acceptors (Lipinski definition) is 3. The standard InChI is InChI=1S/C29H39N3O/c1-29(2,3)25-9-6-21(7-10-25)19-31-15-12-22(13-16-31)23-8-11-27-24(17-23)20-32(28(27)33)26-5-4-14-30-18-26/h6-11,17,22,26,30H,4-5,12-16,18-20H2,1-3H3. The first-order valence-corrected chi connectivity index (χ1v) is 12.8. The summed E-state index contributed by atoms with van der Waals surface area (Å²) in [5, 5.41) is 3.45. The molecule has 33 heavy (non-hydrogen) atoms. The zero-order chi connectivity index (χ0) is 23.0. The van der Waals surface area contributed by atoms with E-state index in [1.807, 2.05) is 0 Å². The van der Waals surface area contributed by atoms with Crippen molar-refractivity contribution in [1.29, 1.82) is 0 Å². The van der Waals surface area contributed by atoms with E-state index in [9.17, 15) is 4.79 Å². The van der Waals surface area contributed by atoms with Gasteiger partial charge in [-0.3, -0.25) is 9.69 Å². The molecule has 1 atom stereocenters. The van der Waals surface area contributed by atoms with E-state index in [1.54, 1.807) is 0 Å². The monoisotopic (exact) mass is 445 g/mol. The Labute approximate surface area is 199 Å². The van der Waals surface area contributed by atoms with Gasteiger partial charge in [0.1, 0.15) is 0 Å². The first-order chi connectivity index (χ1) is 15.9. The second kappa shape index (κ2) is 9.23. The fraction of sp³-hybridized carbons (Fsp3) is 0.552. The van der Waals surface area contributed by atoms with E-state index in [0.29, 0.717) is 12.0 Å². The van der Waals surface area contributed by atoms with Crippen molar-refractivity contribution in [3.8, 4) is 0 Å². The van der Waals surface area contributed by atoms with Crippen molar-refractivity contribution in [2.24, 2.45) is 0 Å². The molecule has 3 aliphatic rings. The Balaban J connectivity index is 1.18. The lowest BCUT2D eigenvalue weighted by Gasteiger charge is -2.32. The molecule has 1 N–H and O–H groups in total. The summed E-state index contributed by atoms with van der Waals surface area (Å²) in [5.74, 6) is 0.841. The van der Waals surface area contributed by atoms with Crippen LogP contribution in [0.3, 0.4) is 0 Å². The van der Waals surface area contributed by atoms with Crippen molar-refractivity contribution in [2.45, 2.75) is 76.9 Å². The molecule has 0 spiro atoms. The molecular weight excluding hydrogens is 406 g/mol. The molecule has 2 aromatic rings. The maximum atomic E-state index is 13.0. The van der Waals surface area contributed by atoms with E-state index in [1.165, 1.54) is 35.1 Å². The van der Waals surface area contributed by atoms with Crippen LogP contribution in [0.25, 0.3) is 0 Å². The van der Waals surface area contributed by atoms with Crippen LogP contribution >= 0.6 is 0 Å². The third-order valence-electron chi connectivity index (χ3n) is 7.96. The molecule has 4 nitrogen and oxygen atoms in total. The van der Waals surface area contributed by atoms with Crippen molar-refractivity contribution in [2.75, 3.05) is 26.2 Å². The minimum absolute atomic E-state index is 0.210. The lowest BCUT2D eigenvalue weighted by molar-refractivity contribution is 0.0674. The average molecular weight is 446 g/mol. The summed E-state index contributed by atoms with van der Waals surface area (Å²) in [7, 11) is 0. The number of benzene rings is 2. The van der Waals surface area contributed by atoms with Crippen LogP contribution in [0, 0.1) is 0 Å². The number of piperidine rings is 2. The molecule has 2 saturated heterocycles. The summed E-state index contributed by atoms with van der Waals surface area (Å²) < 4.78 is 0. The molecule has 3 aliphatic heterocycles.